The summed E-state index contributed by atoms with van der Waals surface area (Å²) in [6.07, 6.45) is 3.91. The predicted molar refractivity (Wildman–Crippen MR) is 159 cm³/mol. The Hall–Kier alpha value is -4.13. The number of benzene rings is 3. The second-order valence-electron chi connectivity index (χ2n) is 10.6. The van der Waals surface area contributed by atoms with Crippen LogP contribution in [0.4, 0.5) is 11.4 Å². The van der Waals surface area contributed by atoms with Gasteiger partial charge in [0.15, 0.2) is 0 Å². The van der Waals surface area contributed by atoms with Crippen LogP contribution in [0.5, 0.6) is 0 Å². The fourth-order valence-corrected chi connectivity index (χ4v) is 5.75. The number of anilines is 2. The van der Waals surface area contributed by atoms with E-state index in [-0.39, 0.29) is 23.6 Å². The van der Waals surface area contributed by atoms with E-state index in [0.717, 1.165) is 50.0 Å². The van der Waals surface area contributed by atoms with E-state index in [1.165, 1.54) is 0 Å². The zero-order chi connectivity index (χ0) is 27.9. The molecule has 0 aromatic heterocycles. The van der Waals surface area contributed by atoms with E-state index < -0.39 is 0 Å². The first-order valence-corrected chi connectivity index (χ1v) is 14.4. The number of nitrogens with zero attached hydrogens (tertiary/aromatic N) is 3. The van der Waals surface area contributed by atoms with Gasteiger partial charge >= 0.3 is 0 Å². The number of rotatable bonds is 7. The fourth-order valence-electron chi connectivity index (χ4n) is 5.75. The summed E-state index contributed by atoms with van der Waals surface area (Å²) < 4.78 is 0. The van der Waals surface area contributed by atoms with Crippen LogP contribution in [0.15, 0.2) is 78.9 Å². The molecule has 1 N–H and O–H groups in total. The molecule has 7 heteroatoms. The van der Waals surface area contributed by atoms with Crippen molar-refractivity contribution in [2.24, 2.45) is 0 Å². The minimum atomic E-state index is -0.208. The Morgan fingerprint density at radius 3 is 2.05 bits per heavy atom. The quantitative estimate of drug-likeness (QED) is 0.437. The van der Waals surface area contributed by atoms with Gasteiger partial charge in [-0.3, -0.25) is 14.4 Å². The van der Waals surface area contributed by atoms with Crippen molar-refractivity contribution < 1.29 is 14.4 Å². The summed E-state index contributed by atoms with van der Waals surface area (Å²) in [5.41, 5.74) is 3.68. The minimum Gasteiger partial charge on any atom is -0.367 e. The molecule has 40 heavy (non-hydrogen) atoms. The van der Waals surface area contributed by atoms with E-state index in [4.69, 9.17) is 0 Å². The molecular formula is C33H38N4O3. The average molecular weight is 539 g/mol. The second kappa shape index (κ2) is 12.8. The third-order valence-electron chi connectivity index (χ3n) is 8.00. The smallest absolute Gasteiger partial charge is 0.256 e. The highest BCUT2D eigenvalue weighted by Gasteiger charge is 2.30. The van der Waals surface area contributed by atoms with Crippen LogP contribution in [0.2, 0.25) is 0 Å². The lowest BCUT2D eigenvalue weighted by molar-refractivity contribution is -0.133. The molecule has 2 heterocycles. The van der Waals surface area contributed by atoms with Gasteiger partial charge in [0.05, 0.1) is 11.5 Å². The molecule has 2 aliphatic rings. The van der Waals surface area contributed by atoms with Crippen LogP contribution in [0, 0.1) is 0 Å². The van der Waals surface area contributed by atoms with Crippen LogP contribution in [-0.2, 0) is 4.79 Å². The van der Waals surface area contributed by atoms with Crippen LogP contribution in [0.3, 0.4) is 0 Å². The molecule has 2 saturated heterocycles. The molecule has 208 valence electrons. The highest BCUT2D eigenvalue weighted by molar-refractivity contribution is 6.06. The summed E-state index contributed by atoms with van der Waals surface area (Å²) in [7, 11) is 0. The molecule has 5 rings (SSSR count). The largest absolute Gasteiger partial charge is 0.367 e. The van der Waals surface area contributed by atoms with Crippen LogP contribution in [0.1, 0.15) is 64.8 Å². The highest BCUT2D eigenvalue weighted by Crippen LogP contribution is 2.29. The molecule has 7 nitrogen and oxygen atoms in total. The van der Waals surface area contributed by atoms with Crippen molar-refractivity contribution in [2.45, 2.75) is 38.5 Å². The monoisotopic (exact) mass is 538 g/mol. The van der Waals surface area contributed by atoms with Gasteiger partial charge in [-0.1, -0.05) is 55.5 Å². The second-order valence-corrected chi connectivity index (χ2v) is 10.6. The van der Waals surface area contributed by atoms with Crippen molar-refractivity contribution >= 4 is 29.1 Å². The molecule has 0 bridgehead atoms. The first-order chi connectivity index (χ1) is 19.5. The maximum Gasteiger partial charge on any atom is 0.256 e. The summed E-state index contributed by atoms with van der Waals surface area (Å²) in [6.45, 7) is 6.05. The van der Waals surface area contributed by atoms with Crippen molar-refractivity contribution in [1.82, 2.24) is 9.80 Å². The number of likely N-dealkylation sites (tertiary alicyclic amines) is 1. The van der Waals surface area contributed by atoms with E-state index >= 15 is 0 Å². The molecule has 0 spiro atoms. The number of nitrogens with one attached hydrogen (secondary N) is 1. The fraction of sp³-hybridized carbons (Fsp3) is 0.364. The molecule has 1 unspecified atom stereocenters. The van der Waals surface area contributed by atoms with E-state index in [1.807, 2.05) is 76.5 Å². The first kappa shape index (κ1) is 27.4. The molecule has 0 radical (unpaired) electrons. The molecule has 3 aromatic rings. The number of hydrogen-bond donors (Lipinski definition) is 1. The van der Waals surface area contributed by atoms with Gasteiger partial charge < -0.3 is 20.0 Å². The van der Waals surface area contributed by atoms with Crippen LogP contribution in [-0.4, -0.2) is 66.8 Å². The van der Waals surface area contributed by atoms with E-state index in [0.29, 0.717) is 43.0 Å². The summed E-state index contributed by atoms with van der Waals surface area (Å²) in [5.74, 6) is -0.187. The van der Waals surface area contributed by atoms with Gasteiger partial charge in [0, 0.05) is 56.2 Å². The molecule has 1 atom stereocenters. The maximum atomic E-state index is 13.8. The zero-order valence-electron chi connectivity index (χ0n) is 23.2. The Labute approximate surface area is 236 Å². The molecule has 3 amide bonds. The molecule has 3 aromatic carbocycles. The lowest BCUT2D eigenvalue weighted by atomic mass is 9.94. The minimum absolute atomic E-state index is 0.000796. The molecular weight excluding hydrogens is 500 g/mol. The number of piperazine rings is 1. The van der Waals surface area contributed by atoms with Gasteiger partial charge in [0.25, 0.3) is 11.8 Å². The number of carbonyl (C=O) groups is 3. The lowest BCUT2D eigenvalue weighted by Crippen LogP contribution is -2.50. The van der Waals surface area contributed by atoms with Crippen molar-refractivity contribution in [3.05, 3.63) is 95.6 Å². The summed E-state index contributed by atoms with van der Waals surface area (Å²) in [5, 5.41) is 2.96. The lowest BCUT2D eigenvalue weighted by Gasteiger charge is -2.38. The van der Waals surface area contributed by atoms with Crippen LogP contribution in [0.25, 0.3) is 0 Å². The van der Waals surface area contributed by atoms with Crippen LogP contribution < -0.4 is 10.2 Å². The van der Waals surface area contributed by atoms with Crippen molar-refractivity contribution in [3.63, 3.8) is 0 Å². The Morgan fingerprint density at radius 2 is 1.40 bits per heavy atom. The Morgan fingerprint density at radius 1 is 0.750 bits per heavy atom. The van der Waals surface area contributed by atoms with Gasteiger partial charge in [-0.15, -0.1) is 0 Å². The van der Waals surface area contributed by atoms with Gasteiger partial charge in [0.2, 0.25) is 5.91 Å². The highest BCUT2D eigenvalue weighted by atomic mass is 16.2. The number of hydrogen-bond acceptors (Lipinski definition) is 4. The van der Waals surface area contributed by atoms with E-state index in [1.54, 1.807) is 12.1 Å². The van der Waals surface area contributed by atoms with Gasteiger partial charge in [-0.2, -0.15) is 0 Å². The third-order valence-corrected chi connectivity index (χ3v) is 8.00. The van der Waals surface area contributed by atoms with Gasteiger partial charge in [-0.05, 0) is 61.6 Å². The molecule has 0 aliphatic carbocycles. The Kier molecular flexibility index (Phi) is 8.79. The third kappa shape index (κ3) is 6.19. The summed E-state index contributed by atoms with van der Waals surface area (Å²) in [6, 6.07) is 24.7. The summed E-state index contributed by atoms with van der Waals surface area (Å²) >= 11 is 0. The van der Waals surface area contributed by atoms with Crippen molar-refractivity contribution in [2.75, 3.05) is 49.5 Å². The molecule has 2 aliphatic heterocycles. The average Bonchev–Trinajstić information content (AvgIpc) is 3.02. The Bertz CT molecular complexity index is 1310. The topological polar surface area (TPSA) is 73.0 Å². The van der Waals surface area contributed by atoms with Gasteiger partial charge in [0.1, 0.15) is 0 Å². The van der Waals surface area contributed by atoms with Gasteiger partial charge in [-0.25, -0.2) is 0 Å². The number of piperidine rings is 1. The summed E-state index contributed by atoms with van der Waals surface area (Å²) in [4.78, 5) is 46.1. The maximum absolute atomic E-state index is 13.8. The number of amides is 3. The van der Waals surface area contributed by atoms with E-state index in [9.17, 15) is 14.4 Å². The molecule has 2 fully saturated rings. The normalized spacial score (nSPS) is 16.4. The van der Waals surface area contributed by atoms with Crippen LogP contribution >= 0.6 is 0 Å². The first-order valence-electron chi connectivity index (χ1n) is 14.4. The van der Waals surface area contributed by atoms with Crippen molar-refractivity contribution in [1.29, 1.82) is 0 Å². The SMILES string of the molecule is CCC(C(=O)N1CCN(c2ccc(NC(=O)c3ccccc3)cc2C(=O)N2CCCCC2)CC1)c1ccccc1. The Balaban J connectivity index is 1.34. The standard InChI is InChI=1S/C33H38N4O3/c1-2-28(25-12-6-3-7-13-25)32(39)37-22-20-35(21-23-37)30-17-16-27(34-31(38)26-14-8-4-9-15-26)24-29(30)33(40)36-18-10-5-11-19-36/h3-4,6-9,12-17,24,28H,2,5,10-11,18-23H2,1H3,(H,34,38). The van der Waals surface area contributed by atoms with E-state index in [2.05, 4.69) is 17.1 Å². The zero-order valence-corrected chi connectivity index (χ0v) is 23.2. The molecule has 0 saturated carbocycles. The number of carbonyl (C=O) groups excluding carboxylic acids is 3. The predicted octanol–water partition coefficient (Wildman–Crippen LogP) is 5.41. The van der Waals surface area contributed by atoms with Crippen molar-refractivity contribution in [3.8, 4) is 0 Å².